The second-order valence-corrected chi connectivity index (χ2v) is 6.91. The van der Waals surface area contributed by atoms with Crippen LogP contribution in [0.25, 0.3) is 0 Å². The van der Waals surface area contributed by atoms with E-state index in [9.17, 15) is 13.2 Å². The average molecular weight is 340 g/mol. The van der Waals surface area contributed by atoms with E-state index < -0.39 is 16.0 Å². The Bertz CT molecular complexity index is 847. The van der Waals surface area contributed by atoms with Gasteiger partial charge in [-0.3, -0.25) is 4.72 Å². The molecule has 0 aromatic heterocycles. The molecule has 116 valence electrons. The predicted octanol–water partition coefficient (Wildman–Crippen LogP) is 3.46. The first-order chi connectivity index (χ1) is 10.2. The van der Waals surface area contributed by atoms with Gasteiger partial charge in [-0.05, 0) is 49.2 Å². The molecule has 22 heavy (non-hydrogen) atoms. The lowest BCUT2D eigenvalue weighted by molar-refractivity contribution is 0.0696. The molecule has 0 amide bonds. The topological polar surface area (TPSA) is 83.5 Å². The minimum absolute atomic E-state index is 0.0795. The number of nitrogens with one attached hydrogen (secondary N) is 1. The fourth-order valence-corrected chi connectivity index (χ4v) is 3.39. The molecule has 2 N–H and O–H groups in total. The van der Waals surface area contributed by atoms with Gasteiger partial charge in [-0.25, -0.2) is 13.2 Å². The largest absolute Gasteiger partial charge is 0.478 e. The van der Waals surface area contributed by atoms with Crippen molar-refractivity contribution in [1.82, 2.24) is 0 Å². The molecule has 2 aromatic rings. The number of carbonyl (C=O) groups is 1. The van der Waals surface area contributed by atoms with Gasteiger partial charge in [0.05, 0.1) is 16.1 Å². The Morgan fingerprint density at radius 3 is 2.32 bits per heavy atom. The Labute approximate surface area is 133 Å². The van der Waals surface area contributed by atoms with Crippen LogP contribution in [0.15, 0.2) is 41.3 Å². The van der Waals surface area contributed by atoms with Gasteiger partial charge in [-0.15, -0.1) is 0 Å². The number of sulfonamides is 1. The van der Waals surface area contributed by atoms with Crippen LogP contribution in [-0.2, 0) is 10.0 Å². The Morgan fingerprint density at radius 2 is 1.73 bits per heavy atom. The Kier molecular flexibility index (Phi) is 4.44. The van der Waals surface area contributed by atoms with Gasteiger partial charge in [0.1, 0.15) is 0 Å². The van der Waals surface area contributed by atoms with Crippen LogP contribution in [0, 0.1) is 13.8 Å². The average Bonchev–Trinajstić information content (AvgIpc) is 2.42. The standard InChI is InChI=1S/C15H14ClNO4S/c1-9-4-6-12(8-13(9)16)17-22(20,21)14-7-11(15(18)19)5-3-10(14)2/h3-8,17H,1-2H3,(H,18,19). The molecule has 2 aromatic carbocycles. The van der Waals surface area contributed by atoms with Gasteiger partial charge in [0.15, 0.2) is 0 Å². The van der Waals surface area contributed by atoms with Crippen molar-refractivity contribution in [3.63, 3.8) is 0 Å². The minimum Gasteiger partial charge on any atom is -0.478 e. The Balaban J connectivity index is 2.44. The van der Waals surface area contributed by atoms with Crippen LogP contribution in [0.3, 0.4) is 0 Å². The zero-order chi connectivity index (χ0) is 16.5. The summed E-state index contributed by atoms with van der Waals surface area (Å²) in [5, 5.41) is 9.43. The van der Waals surface area contributed by atoms with E-state index in [0.717, 1.165) is 11.6 Å². The van der Waals surface area contributed by atoms with Crippen LogP contribution in [0.5, 0.6) is 0 Å². The summed E-state index contributed by atoms with van der Waals surface area (Å²) in [6.07, 6.45) is 0. The molecular weight excluding hydrogens is 326 g/mol. The highest BCUT2D eigenvalue weighted by molar-refractivity contribution is 7.92. The summed E-state index contributed by atoms with van der Waals surface area (Å²) < 4.78 is 27.3. The maximum Gasteiger partial charge on any atom is 0.335 e. The summed E-state index contributed by atoms with van der Waals surface area (Å²) in [4.78, 5) is 10.9. The number of carboxylic acid groups (broad SMARTS) is 1. The van der Waals surface area contributed by atoms with Crippen LogP contribution in [0.2, 0.25) is 5.02 Å². The number of anilines is 1. The van der Waals surface area contributed by atoms with Crippen molar-refractivity contribution in [2.75, 3.05) is 4.72 Å². The molecule has 5 nitrogen and oxygen atoms in total. The van der Waals surface area contributed by atoms with Gasteiger partial charge in [-0.1, -0.05) is 23.7 Å². The summed E-state index contributed by atoms with van der Waals surface area (Å²) in [6.45, 7) is 3.41. The van der Waals surface area contributed by atoms with Gasteiger partial charge in [0.25, 0.3) is 10.0 Å². The highest BCUT2D eigenvalue weighted by Crippen LogP contribution is 2.24. The predicted molar refractivity (Wildman–Crippen MR) is 85.1 cm³/mol. The molecule has 7 heteroatoms. The van der Waals surface area contributed by atoms with Gasteiger partial charge in [0, 0.05) is 5.02 Å². The normalized spacial score (nSPS) is 11.2. The molecule has 0 bridgehead atoms. The molecule has 0 aliphatic heterocycles. The van der Waals surface area contributed by atoms with Crippen LogP contribution < -0.4 is 4.72 Å². The molecule has 0 aliphatic carbocycles. The summed E-state index contributed by atoms with van der Waals surface area (Å²) in [5.74, 6) is -1.19. The first kappa shape index (κ1) is 16.3. The number of halogens is 1. The molecule has 0 aliphatic rings. The van der Waals surface area contributed by atoms with Crippen LogP contribution in [0.1, 0.15) is 21.5 Å². The summed E-state index contributed by atoms with van der Waals surface area (Å²) in [7, 11) is -3.90. The van der Waals surface area contributed by atoms with E-state index >= 15 is 0 Å². The first-order valence-corrected chi connectivity index (χ1v) is 8.20. The lowest BCUT2D eigenvalue weighted by Crippen LogP contribution is -2.15. The minimum atomic E-state index is -3.90. The molecule has 0 fully saturated rings. The van der Waals surface area contributed by atoms with E-state index in [0.29, 0.717) is 16.3 Å². The number of aryl methyl sites for hydroxylation is 2. The van der Waals surface area contributed by atoms with E-state index in [1.807, 2.05) is 0 Å². The van der Waals surface area contributed by atoms with E-state index in [1.54, 1.807) is 26.0 Å². The third-order valence-electron chi connectivity index (χ3n) is 3.15. The van der Waals surface area contributed by atoms with Crippen molar-refractivity contribution in [3.05, 3.63) is 58.1 Å². The zero-order valence-electron chi connectivity index (χ0n) is 11.9. The smallest absolute Gasteiger partial charge is 0.335 e. The first-order valence-electron chi connectivity index (χ1n) is 6.33. The summed E-state index contributed by atoms with van der Waals surface area (Å²) >= 11 is 5.97. The van der Waals surface area contributed by atoms with Crippen molar-refractivity contribution >= 4 is 33.3 Å². The van der Waals surface area contributed by atoms with Crippen molar-refractivity contribution in [2.45, 2.75) is 18.7 Å². The second kappa shape index (κ2) is 5.98. The van der Waals surface area contributed by atoms with Gasteiger partial charge in [0.2, 0.25) is 0 Å². The highest BCUT2D eigenvalue weighted by Gasteiger charge is 2.19. The van der Waals surface area contributed by atoms with E-state index in [4.69, 9.17) is 16.7 Å². The summed E-state index contributed by atoms with van der Waals surface area (Å²) in [6, 6.07) is 8.75. The molecule has 2 rings (SSSR count). The molecule has 0 radical (unpaired) electrons. The van der Waals surface area contributed by atoms with Crippen molar-refractivity contribution < 1.29 is 18.3 Å². The van der Waals surface area contributed by atoms with Crippen molar-refractivity contribution in [2.24, 2.45) is 0 Å². The lowest BCUT2D eigenvalue weighted by Gasteiger charge is -2.12. The van der Waals surface area contributed by atoms with Gasteiger partial charge in [-0.2, -0.15) is 0 Å². The fraction of sp³-hybridized carbons (Fsp3) is 0.133. The SMILES string of the molecule is Cc1ccc(NS(=O)(=O)c2cc(C(=O)O)ccc2C)cc1Cl. The van der Waals surface area contributed by atoms with E-state index in [1.165, 1.54) is 18.2 Å². The zero-order valence-corrected chi connectivity index (χ0v) is 13.5. The molecule has 0 saturated carbocycles. The second-order valence-electron chi connectivity index (χ2n) is 4.85. The number of aromatic carboxylic acids is 1. The molecule has 0 atom stereocenters. The molecule has 0 unspecified atom stereocenters. The van der Waals surface area contributed by atoms with E-state index in [-0.39, 0.29) is 10.5 Å². The maximum atomic E-state index is 12.4. The highest BCUT2D eigenvalue weighted by atomic mass is 35.5. The number of hydrogen-bond donors (Lipinski definition) is 2. The lowest BCUT2D eigenvalue weighted by atomic mass is 10.1. The molecule has 0 heterocycles. The number of rotatable bonds is 4. The quantitative estimate of drug-likeness (QED) is 0.893. The number of hydrogen-bond acceptors (Lipinski definition) is 3. The van der Waals surface area contributed by atoms with Crippen molar-refractivity contribution in [1.29, 1.82) is 0 Å². The third-order valence-corrected chi connectivity index (χ3v) is 5.08. The Hall–Kier alpha value is -2.05. The van der Waals surface area contributed by atoms with Crippen LogP contribution >= 0.6 is 11.6 Å². The van der Waals surface area contributed by atoms with Gasteiger partial charge < -0.3 is 5.11 Å². The monoisotopic (exact) mass is 339 g/mol. The molecule has 0 saturated heterocycles. The number of carboxylic acids is 1. The van der Waals surface area contributed by atoms with E-state index in [2.05, 4.69) is 4.72 Å². The van der Waals surface area contributed by atoms with Crippen LogP contribution in [0.4, 0.5) is 5.69 Å². The maximum absolute atomic E-state index is 12.4. The van der Waals surface area contributed by atoms with Crippen molar-refractivity contribution in [3.8, 4) is 0 Å². The third kappa shape index (κ3) is 3.40. The Morgan fingerprint density at radius 1 is 1.09 bits per heavy atom. The van der Waals surface area contributed by atoms with Gasteiger partial charge >= 0.3 is 5.97 Å². The number of benzene rings is 2. The summed E-state index contributed by atoms with van der Waals surface area (Å²) in [5.41, 5.74) is 1.51. The van der Waals surface area contributed by atoms with Crippen LogP contribution in [-0.4, -0.2) is 19.5 Å². The fourth-order valence-electron chi connectivity index (χ4n) is 1.89. The molecular formula is C15H14ClNO4S. The molecule has 0 spiro atoms.